The van der Waals surface area contributed by atoms with Gasteiger partial charge in [0.2, 0.25) is 0 Å². The Balaban J connectivity index is 2.71. The standard InChI is InChI=1S/C11H11NO2/c1-3-7-14-11(13)9-5-6-10(4-2)12-8-9/h3-6,8H,1-2,7H2. The number of aromatic nitrogens is 1. The maximum absolute atomic E-state index is 11.3. The summed E-state index contributed by atoms with van der Waals surface area (Å²) >= 11 is 0. The van der Waals surface area contributed by atoms with Crippen LogP contribution in [0.2, 0.25) is 0 Å². The zero-order chi connectivity index (χ0) is 10.4. The Labute approximate surface area is 82.7 Å². The van der Waals surface area contributed by atoms with Crippen molar-refractivity contribution in [3.05, 3.63) is 48.8 Å². The molecule has 0 saturated carbocycles. The Hall–Kier alpha value is -1.90. The van der Waals surface area contributed by atoms with Crippen molar-refractivity contribution in [2.75, 3.05) is 6.61 Å². The molecule has 0 amide bonds. The summed E-state index contributed by atoms with van der Waals surface area (Å²) in [7, 11) is 0. The van der Waals surface area contributed by atoms with Crippen LogP contribution in [0.15, 0.2) is 37.6 Å². The van der Waals surface area contributed by atoms with Crippen LogP contribution in [0, 0.1) is 0 Å². The minimum Gasteiger partial charge on any atom is -0.458 e. The summed E-state index contributed by atoms with van der Waals surface area (Å²) in [4.78, 5) is 15.2. The smallest absolute Gasteiger partial charge is 0.340 e. The van der Waals surface area contributed by atoms with Crippen LogP contribution in [0.25, 0.3) is 6.08 Å². The highest BCUT2D eigenvalue weighted by Crippen LogP contribution is 2.03. The minimum atomic E-state index is -0.395. The Morgan fingerprint density at radius 1 is 1.50 bits per heavy atom. The summed E-state index contributed by atoms with van der Waals surface area (Å²) in [5.41, 5.74) is 1.16. The van der Waals surface area contributed by atoms with E-state index >= 15 is 0 Å². The molecule has 72 valence electrons. The van der Waals surface area contributed by atoms with E-state index in [0.29, 0.717) is 5.56 Å². The number of nitrogens with zero attached hydrogens (tertiary/aromatic N) is 1. The molecule has 0 unspecified atom stereocenters. The van der Waals surface area contributed by atoms with Gasteiger partial charge in [0.1, 0.15) is 6.61 Å². The van der Waals surface area contributed by atoms with Gasteiger partial charge >= 0.3 is 5.97 Å². The van der Waals surface area contributed by atoms with Crippen molar-refractivity contribution >= 4 is 12.0 Å². The van der Waals surface area contributed by atoms with Crippen molar-refractivity contribution in [1.82, 2.24) is 4.98 Å². The fourth-order valence-corrected chi connectivity index (χ4v) is 0.865. The average Bonchev–Trinajstić information content (AvgIpc) is 2.26. The van der Waals surface area contributed by atoms with Crippen LogP contribution < -0.4 is 0 Å². The van der Waals surface area contributed by atoms with Crippen molar-refractivity contribution in [1.29, 1.82) is 0 Å². The molecule has 1 aromatic heterocycles. The Morgan fingerprint density at radius 3 is 2.79 bits per heavy atom. The summed E-state index contributed by atoms with van der Waals surface area (Å²) in [6, 6.07) is 3.35. The lowest BCUT2D eigenvalue weighted by Crippen LogP contribution is -2.05. The van der Waals surface area contributed by atoms with E-state index in [0.717, 1.165) is 5.69 Å². The van der Waals surface area contributed by atoms with Gasteiger partial charge in [-0.15, -0.1) is 0 Å². The summed E-state index contributed by atoms with van der Waals surface area (Å²) < 4.78 is 4.83. The first-order chi connectivity index (χ1) is 6.77. The molecule has 0 bridgehead atoms. The quantitative estimate of drug-likeness (QED) is 0.537. The molecule has 0 aliphatic rings. The largest absolute Gasteiger partial charge is 0.458 e. The molecule has 1 rings (SSSR count). The van der Waals surface area contributed by atoms with Gasteiger partial charge < -0.3 is 4.74 Å². The summed E-state index contributed by atoms with van der Waals surface area (Å²) in [6.45, 7) is 7.22. The van der Waals surface area contributed by atoms with Gasteiger partial charge in [-0.1, -0.05) is 19.2 Å². The van der Waals surface area contributed by atoms with Crippen molar-refractivity contribution in [3.63, 3.8) is 0 Å². The van der Waals surface area contributed by atoms with E-state index in [1.165, 1.54) is 12.3 Å². The van der Waals surface area contributed by atoms with Crippen LogP contribution in [0.1, 0.15) is 16.1 Å². The van der Waals surface area contributed by atoms with Gasteiger partial charge in [-0.3, -0.25) is 4.98 Å². The lowest BCUT2D eigenvalue weighted by atomic mass is 10.2. The zero-order valence-electron chi connectivity index (χ0n) is 7.77. The lowest BCUT2D eigenvalue weighted by Gasteiger charge is -2.00. The predicted molar refractivity (Wildman–Crippen MR) is 54.8 cm³/mol. The highest BCUT2D eigenvalue weighted by Gasteiger charge is 2.05. The Bertz CT molecular complexity index is 341. The van der Waals surface area contributed by atoms with E-state index in [-0.39, 0.29) is 6.61 Å². The van der Waals surface area contributed by atoms with Gasteiger partial charge in [-0.2, -0.15) is 0 Å². The second-order valence-corrected chi connectivity index (χ2v) is 2.56. The normalized spacial score (nSPS) is 9.14. The van der Waals surface area contributed by atoms with Crippen molar-refractivity contribution in [3.8, 4) is 0 Å². The number of ether oxygens (including phenoxy) is 1. The molecule has 0 fully saturated rings. The fraction of sp³-hybridized carbons (Fsp3) is 0.0909. The molecule has 0 aliphatic carbocycles. The maximum atomic E-state index is 11.3. The van der Waals surface area contributed by atoms with Gasteiger partial charge in [0, 0.05) is 6.20 Å². The first-order valence-corrected chi connectivity index (χ1v) is 4.14. The third-order valence-corrected chi connectivity index (χ3v) is 1.56. The Kier molecular flexibility index (Phi) is 3.61. The Morgan fingerprint density at radius 2 is 2.29 bits per heavy atom. The maximum Gasteiger partial charge on any atom is 0.340 e. The van der Waals surface area contributed by atoms with E-state index in [9.17, 15) is 4.79 Å². The molecule has 3 heteroatoms. The number of hydrogen-bond donors (Lipinski definition) is 0. The van der Waals surface area contributed by atoms with E-state index in [1.54, 1.807) is 18.2 Å². The molecule has 1 heterocycles. The first-order valence-electron chi connectivity index (χ1n) is 4.14. The molecule has 0 aliphatic heterocycles. The van der Waals surface area contributed by atoms with E-state index in [1.807, 2.05) is 0 Å². The molecule has 1 aromatic rings. The van der Waals surface area contributed by atoms with Gasteiger partial charge in [0.25, 0.3) is 0 Å². The topological polar surface area (TPSA) is 39.2 Å². The van der Waals surface area contributed by atoms with Crippen molar-refractivity contribution < 1.29 is 9.53 Å². The number of esters is 1. The molecule has 0 spiro atoms. The molecular formula is C11H11NO2. The molecular weight excluding hydrogens is 178 g/mol. The third-order valence-electron chi connectivity index (χ3n) is 1.56. The second-order valence-electron chi connectivity index (χ2n) is 2.56. The molecule has 0 atom stereocenters. The first kappa shape index (κ1) is 10.2. The molecule has 0 aromatic carbocycles. The number of hydrogen-bond acceptors (Lipinski definition) is 3. The molecule has 14 heavy (non-hydrogen) atoms. The lowest BCUT2D eigenvalue weighted by molar-refractivity contribution is 0.0549. The number of carbonyl (C=O) groups is 1. The highest BCUT2D eigenvalue weighted by atomic mass is 16.5. The number of rotatable bonds is 4. The molecule has 3 nitrogen and oxygen atoms in total. The number of pyridine rings is 1. The van der Waals surface area contributed by atoms with Crippen LogP contribution in [0.3, 0.4) is 0 Å². The van der Waals surface area contributed by atoms with Gasteiger partial charge in [-0.25, -0.2) is 4.79 Å². The summed E-state index contributed by atoms with van der Waals surface area (Å²) in [5.74, 6) is -0.395. The summed E-state index contributed by atoms with van der Waals surface area (Å²) in [5, 5.41) is 0. The highest BCUT2D eigenvalue weighted by molar-refractivity contribution is 5.89. The van der Waals surface area contributed by atoms with Crippen LogP contribution in [-0.4, -0.2) is 17.6 Å². The minimum absolute atomic E-state index is 0.210. The van der Waals surface area contributed by atoms with Crippen LogP contribution in [0.5, 0.6) is 0 Å². The van der Waals surface area contributed by atoms with Crippen LogP contribution >= 0.6 is 0 Å². The van der Waals surface area contributed by atoms with E-state index in [2.05, 4.69) is 18.1 Å². The monoisotopic (exact) mass is 189 g/mol. The summed E-state index contributed by atoms with van der Waals surface area (Å²) in [6.07, 6.45) is 4.59. The molecule has 0 saturated heterocycles. The van der Waals surface area contributed by atoms with Crippen LogP contribution in [-0.2, 0) is 4.74 Å². The molecule has 0 radical (unpaired) electrons. The average molecular weight is 189 g/mol. The van der Waals surface area contributed by atoms with Crippen LogP contribution in [0.4, 0.5) is 0 Å². The zero-order valence-corrected chi connectivity index (χ0v) is 7.77. The van der Waals surface area contributed by atoms with Gasteiger partial charge in [-0.05, 0) is 18.2 Å². The third kappa shape index (κ3) is 2.55. The predicted octanol–water partition coefficient (Wildman–Crippen LogP) is 2.07. The van der Waals surface area contributed by atoms with Gasteiger partial charge in [0.05, 0.1) is 11.3 Å². The van der Waals surface area contributed by atoms with Gasteiger partial charge in [0.15, 0.2) is 0 Å². The van der Waals surface area contributed by atoms with Crippen molar-refractivity contribution in [2.45, 2.75) is 0 Å². The SMILES string of the molecule is C=CCOC(=O)c1ccc(C=C)nc1. The molecule has 0 N–H and O–H groups in total. The van der Waals surface area contributed by atoms with Crippen molar-refractivity contribution in [2.24, 2.45) is 0 Å². The van der Waals surface area contributed by atoms with E-state index in [4.69, 9.17) is 4.74 Å². The number of carbonyl (C=O) groups excluding carboxylic acids is 1. The fourth-order valence-electron chi connectivity index (χ4n) is 0.865. The second kappa shape index (κ2) is 4.97. The van der Waals surface area contributed by atoms with E-state index < -0.39 is 5.97 Å².